The smallest absolute Gasteiger partial charge is 0.339 e. The first-order chi connectivity index (χ1) is 8.68. The number of ketones is 3. The predicted molar refractivity (Wildman–Crippen MR) is 65.1 cm³/mol. The highest BCUT2D eigenvalue weighted by Gasteiger charge is 2.27. The number of phenols is 1. The molecule has 2 N–H and O–H groups in total. The Kier molecular flexibility index (Phi) is 3.84. The number of hydrogen-bond donors (Lipinski definition) is 2. The molecule has 0 amide bonds. The van der Waals surface area contributed by atoms with Gasteiger partial charge in [-0.25, -0.2) is 4.79 Å². The normalized spacial score (nSPS) is 10.1. The van der Waals surface area contributed by atoms with Gasteiger partial charge in [-0.3, -0.25) is 14.4 Å². The van der Waals surface area contributed by atoms with Crippen LogP contribution < -0.4 is 0 Å². The number of carbonyl (C=O) groups is 4. The minimum atomic E-state index is -1.49. The van der Waals surface area contributed by atoms with Gasteiger partial charge in [0.15, 0.2) is 17.3 Å². The average Bonchev–Trinajstić information content (AvgIpc) is 2.26. The van der Waals surface area contributed by atoms with Crippen LogP contribution in [0.25, 0.3) is 0 Å². The molecule has 0 spiro atoms. The highest BCUT2D eigenvalue weighted by molar-refractivity contribution is 6.17. The minimum absolute atomic E-state index is 0.187. The van der Waals surface area contributed by atoms with E-state index in [0.717, 1.165) is 26.8 Å². The topological polar surface area (TPSA) is 109 Å². The lowest BCUT2D eigenvalue weighted by Crippen LogP contribution is -2.14. The average molecular weight is 264 g/mol. The van der Waals surface area contributed by atoms with Gasteiger partial charge in [-0.2, -0.15) is 0 Å². The lowest BCUT2D eigenvalue weighted by Gasteiger charge is -2.13. The molecule has 0 fully saturated rings. The van der Waals surface area contributed by atoms with Crippen LogP contribution in [0.1, 0.15) is 62.2 Å². The molecule has 1 aromatic rings. The molecule has 19 heavy (non-hydrogen) atoms. The largest absolute Gasteiger partial charge is 0.506 e. The third-order valence-corrected chi connectivity index (χ3v) is 2.61. The van der Waals surface area contributed by atoms with Crippen molar-refractivity contribution in [3.63, 3.8) is 0 Å². The van der Waals surface area contributed by atoms with Crippen molar-refractivity contribution < 1.29 is 29.4 Å². The van der Waals surface area contributed by atoms with Crippen molar-refractivity contribution in [1.29, 1.82) is 0 Å². The SMILES string of the molecule is CC(=O)c1cc(C(=O)O)c(O)c(C(C)=O)c1C(C)=O. The number of aromatic hydroxyl groups is 1. The fourth-order valence-corrected chi connectivity index (χ4v) is 1.82. The van der Waals surface area contributed by atoms with Gasteiger partial charge in [0.05, 0.1) is 5.56 Å². The predicted octanol–water partition coefficient (Wildman–Crippen LogP) is 1.70. The van der Waals surface area contributed by atoms with Crippen LogP contribution in [-0.2, 0) is 0 Å². The van der Waals surface area contributed by atoms with Crippen molar-refractivity contribution in [2.24, 2.45) is 0 Å². The van der Waals surface area contributed by atoms with Crippen molar-refractivity contribution in [3.8, 4) is 5.75 Å². The molecule has 0 atom stereocenters. The monoisotopic (exact) mass is 264 g/mol. The molecule has 0 saturated carbocycles. The number of benzene rings is 1. The van der Waals surface area contributed by atoms with E-state index in [1.165, 1.54) is 0 Å². The van der Waals surface area contributed by atoms with E-state index in [-0.39, 0.29) is 11.1 Å². The summed E-state index contributed by atoms with van der Waals surface area (Å²) >= 11 is 0. The van der Waals surface area contributed by atoms with Crippen LogP contribution in [-0.4, -0.2) is 33.5 Å². The summed E-state index contributed by atoms with van der Waals surface area (Å²) in [6.45, 7) is 3.36. The summed E-state index contributed by atoms with van der Waals surface area (Å²) in [4.78, 5) is 45.6. The Bertz CT molecular complexity index is 612. The Morgan fingerprint density at radius 2 is 1.32 bits per heavy atom. The fraction of sp³-hybridized carbons (Fsp3) is 0.231. The molecule has 0 aliphatic rings. The fourth-order valence-electron chi connectivity index (χ4n) is 1.82. The summed E-state index contributed by atoms with van der Waals surface area (Å²) in [5.41, 5.74) is -1.45. The molecular weight excluding hydrogens is 252 g/mol. The van der Waals surface area contributed by atoms with E-state index in [0.29, 0.717) is 0 Å². The molecule has 100 valence electrons. The molecule has 0 aliphatic heterocycles. The lowest BCUT2D eigenvalue weighted by molar-refractivity contribution is 0.0693. The number of Topliss-reactive ketones (excluding diaryl/α,β-unsaturated/α-hetero) is 3. The van der Waals surface area contributed by atoms with Gasteiger partial charge in [-0.05, 0) is 26.8 Å². The Morgan fingerprint density at radius 3 is 1.63 bits per heavy atom. The third-order valence-electron chi connectivity index (χ3n) is 2.61. The second-order valence-electron chi connectivity index (χ2n) is 4.04. The van der Waals surface area contributed by atoms with Crippen LogP contribution in [0, 0.1) is 0 Å². The first-order valence-corrected chi connectivity index (χ1v) is 5.34. The van der Waals surface area contributed by atoms with Gasteiger partial charge in [-0.1, -0.05) is 0 Å². The standard InChI is InChI=1S/C13H12O6/c1-5(14)8-4-9(13(18)19)12(17)11(7(3)16)10(8)6(2)15/h4,17H,1-3H3,(H,18,19). The summed E-state index contributed by atoms with van der Waals surface area (Å²) < 4.78 is 0. The molecule has 0 radical (unpaired) electrons. The van der Waals surface area contributed by atoms with Gasteiger partial charge in [0, 0.05) is 11.1 Å². The maximum absolute atomic E-state index is 11.6. The van der Waals surface area contributed by atoms with E-state index < -0.39 is 40.2 Å². The quantitative estimate of drug-likeness (QED) is 0.801. The number of carboxylic acid groups (broad SMARTS) is 1. The molecule has 0 heterocycles. The highest BCUT2D eigenvalue weighted by Crippen LogP contribution is 2.30. The van der Waals surface area contributed by atoms with Crippen LogP contribution in [0.5, 0.6) is 5.75 Å². The Labute approximate surface area is 108 Å². The van der Waals surface area contributed by atoms with E-state index in [9.17, 15) is 24.3 Å². The second kappa shape index (κ2) is 5.01. The molecule has 6 heteroatoms. The van der Waals surface area contributed by atoms with Gasteiger partial charge < -0.3 is 10.2 Å². The minimum Gasteiger partial charge on any atom is -0.506 e. The Hall–Kier alpha value is -2.50. The molecule has 6 nitrogen and oxygen atoms in total. The Balaban J connectivity index is 3.94. The van der Waals surface area contributed by atoms with Crippen LogP contribution in [0.4, 0.5) is 0 Å². The lowest BCUT2D eigenvalue weighted by atomic mass is 9.90. The Morgan fingerprint density at radius 1 is 0.842 bits per heavy atom. The van der Waals surface area contributed by atoms with Gasteiger partial charge >= 0.3 is 5.97 Å². The second-order valence-corrected chi connectivity index (χ2v) is 4.04. The van der Waals surface area contributed by atoms with Crippen molar-refractivity contribution in [3.05, 3.63) is 28.3 Å². The molecule has 0 aromatic heterocycles. The maximum Gasteiger partial charge on any atom is 0.339 e. The van der Waals surface area contributed by atoms with E-state index in [1.54, 1.807) is 0 Å². The maximum atomic E-state index is 11.6. The third kappa shape index (κ3) is 2.52. The highest BCUT2D eigenvalue weighted by atomic mass is 16.4. The summed E-state index contributed by atoms with van der Waals surface area (Å²) in [5, 5.41) is 18.7. The molecule has 0 unspecified atom stereocenters. The van der Waals surface area contributed by atoms with Crippen LogP contribution in [0.3, 0.4) is 0 Å². The van der Waals surface area contributed by atoms with Crippen LogP contribution in [0.2, 0.25) is 0 Å². The molecule has 0 saturated heterocycles. The van der Waals surface area contributed by atoms with Gasteiger partial charge in [0.25, 0.3) is 0 Å². The van der Waals surface area contributed by atoms with Gasteiger partial charge in [0.1, 0.15) is 11.3 Å². The molecular formula is C13H12O6. The van der Waals surface area contributed by atoms with E-state index in [4.69, 9.17) is 5.11 Å². The zero-order valence-electron chi connectivity index (χ0n) is 10.6. The summed E-state index contributed by atoms with van der Waals surface area (Å²) in [7, 11) is 0. The van der Waals surface area contributed by atoms with Gasteiger partial charge in [-0.15, -0.1) is 0 Å². The van der Waals surface area contributed by atoms with Crippen molar-refractivity contribution in [1.82, 2.24) is 0 Å². The molecule has 1 rings (SSSR count). The van der Waals surface area contributed by atoms with Gasteiger partial charge in [0.2, 0.25) is 0 Å². The van der Waals surface area contributed by atoms with E-state index in [1.807, 2.05) is 0 Å². The number of carbonyl (C=O) groups excluding carboxylic acids is 3. The number of hydrogen-bond acceptors (Lipinski definition) is 5. The zero-order chi connectivity index (χ0) is 14.9. The summed E-state index contributed by atoms with van der Waals surface area (Å²) in [5.74, 6) is -4.13. The van der Waals surface area contributed by atoms with Crippen LogP contribution in [0.15, 0.2) is 6.07 Å². The zero-order valence-corrected chi connectivity index (χ0v) is 10.6. The van der Waals surface area contributed by atoms with E-state index in [2.05, 4.69) is 0 Å². The van der Waals surface area contributed by atoms with Crippen molar-refractivity contribution in [2.45, 2.75) is 20.8 Å². The summed E-state index contributed by atoms with van der Waals surface area (Å²) in [6, 6.07) is 0.906. The number of carboxylic acids is 1. The molecule has 0 aliphatic carbocycles. The van der Waals surface area contributed by atoms with Crippen molar-refractivity contribution in [2.75, 3.05) is 0 Å². The summed E-state index contributed by atoms with van der Waals surface area (Å²) in [6.07, 6.45) is 0. The van der Waals surface area contributed by atoms with Crippen LogP contribution >= 0.6 is 0 Å². The molecule has 0 bridgehead atoms. The van der Waals surface area contributed by atoms with Crippen molar-refractivity contribution >= 4 is 23.3 Å². The molecule has 1 aromatic carbocycles. The van der Waals surface area contributed by atoms with E-state index >= 15 is 0 Å². The first kappa shape index (κ1) is 14.6. The number of rotatable bonds is 4. The first-order valence-electron chi connectivity index (χ1n) is 5.34. The number of aromatic carboxylic acids is 1.